The molecule has 1 aliphatic rings. The SMILES string of the molecule is CCc1ccc2nc(N(Cc3ccccn3)C(=O)C3CCCN(S(C)(=O)=O)C3)sc2c1. The summed E-state index contributed by atoms with van der Waals surface area (Å²) in [5, 5.41) is 0.621. The average Bonchev–Trinajstić information content (AvgIpc) is 3.20. The summed E-state index contributed by atoms with van der Waals surface area (Å²) in [7, 11) is -3.33. The van der Waals surface area contributed by atoms with Gasteiger partial charge in [0.25, 0.3) is 0 Å². The van der Waals surface area contributed by atoms with E-state index in [0.717, 1.165) is 22.3 Å². The van der Waals surface area contributed by atoms with Crippen LogP contribution in [0.5, 0.6) is 0 Å². The average molecular weight is 459 g/mol. The molecule has 31 heavy (non-hydrogen) atoms. The Morgan fingerprint density at radius 2 is 2.13 bits per heavy atom. The number of fused-ring (bicyclic) bond motifs is 1. The number of thiazole rings is 1. The van der Waals surface area contributed by atoms with Gasteiger partial charge in [0.15, 0.2) is 5.13 Å². The lowest BCUT2D eigenvalue weighted by atomic mass is 9.98. The molecule has 3 heterocycles. The summed E-state index contributed by atoms with van der Waals surface area (Å²) in [6.07, 6.45) is 5.17. The largest absolute Gasteiger partial charge is 0.282 e. The summed E-state index contributed by atoms with van der Waals surface area (Å²) in [6, 6.07) is 11.8. The fraction of sp³-hybridized carbons (Fsp3) is 0.409. The number of pyridine rings is 1. The van der Waals surface area contributed by atoms with Crippen molar-refractivity contribution in [1.82, 2.24) is 14.3 Å². The number of amides is 1. The number of hydrogen-bond donors (Lipinski definition) is 0. The number of aryl methyl sites for hydroxylation is 1. The van der Waals surface area contributed by atoms with E-state index in [9.17, 15) is 13.2 Å². The third-order valence-electron chi connectivity index (χ3n) is 5.60. The van der Waals surface area contributed by atoms with Crippen LogP contribution in [0, 0.1) is 5.92 Å². The summed E-state index contributed by atoms with van der Waals surface area (Å²) >= 11 is 1.49. The summed E-state index contributed by atoms with van der Waals surface area (Å²) in [5.41, 5.74) is 2.85. The maximum atomic E-state index is 13.6. The minimum absolute atomic E-state index is 0.103. The molecule has 0 N–H and O–H groups in total. The Kier molecular flexibility index (Phi) is 6.36. The highest BCUT2D eigenvalue weighted by atomic mass is 32.2. The van der Waals surface area contributed by atoms with Gasteiger partial charge in [-0.05, 0) is 49.1 Å². The summed E-state index contributed by atoms with van der Waals surface area (Å²) in [4.78, 5) is 24.4. The molecule has 1 saturated heterocycles. The Morgan fingerprint density at radius 3 is 2.84 bits per heavy atom. The van der Waals surface area contributed by atoms with Gasteiger partial charge in [-0.15, -0.1) is 0 Å². The van der Waals surface area contributed by atoms with Gasteiger partial charge in [0.05, 0.1) is 34.6 Å². The van der Waals surface area contributed by atoms with Gasteiger partial charge in [-0.1, -0.05) is 30.4 Å². The Balaban J connectivity index is 1.68. The van der Waals surface area contributed by atoms with Crippen molar-refractivity contribution in [3.8, 4) is 0 Å². The first-order valence-corrected chi connectivity index (χ1v) is 13.1. The van der Waals surface area contributed by atoms with Crippen molar-refractivity contribution in [3.63, 3.8) is 0 Å². The maximum absolute atomic E-state index is 13.6. The molecule has 0 saturated carbocycles. The summed E-state index contributed by atoms with van der Waals surface area (Å²) in [6.45, 7) is 3.08. The van der Waals surface area contributed by atoms with Crippen LogP contribution in [0.15, 0.2) is 42.6 Å². The third-order valence-corrected chi connectivity index (χ3v) is 7.91. The van der Waals surface area contributed by atoms with Crippen molar-refractivity contribution in [2.24, 2.45) is 5.92 Å². The van der Waals surface area contributed by atoms with Crippen molar-refractivity contribution in [2.75, 3.05) is 24.2 Å². The van der Waals surface area contributed by atoms with Crippen LogP contribution in [0.3, 0.4) is 0 Å². The topological polar surface area (TPSA) is 83.5 Å². The van der Waals surface area contributed by atoms with E-state index in [-0.39, 0.29) is 12.5 Å². The van der Waals surface area contributed by atoms with Crippen molar-refractivity contribution < 1.29 is 13.2 Å². The molecule has 1 aromatic carbocycles. The summed E-state index contributed by atoms with van der Waals surface area (Å²) < 4.78 is 26.5. The van der Waals surface area contributed by atoms with Crippen molar-refractivity contribution in [1.29, 1.82) is 0 Å². The first-order chi connectivity index (χ1) is 14.8. The zero-order valence-corrected chi connectivity index (χ0v) is 19.3. The number of rotatable bonds is 6. The van der Waals surface area contributed by atoms with E-state index in [0.29, 0.717) is 31.1 Å². The molecule has 0 spiro atoms. The van der Waals surface area contributed by atoms with Gasteiger partial charge in [-0.2, -0.15) is 0 Å². The van der Waals surface area contributed by atoms with E-state index in [1.54, 1.807) is 11.1 Å². The van der Waals surface area contributed by atoms with E-state index in [1.165, 1.54) is 27.5 Å². The molecule has 9 heteroatoms. The Hall–Kier alpha value is -2.36. The van der Waals surface area contributed by atoms with E-state index in [2.05, 4.69) is 24.0 Å². The Morgan fingerprint density at radius 1 is 1.29 bits per heavy atom. The minimum atomic E-state index is -3.33. The molecular formula is C22H26N4O3S2. The van der Waals surface area contributed by atoms with Crippen molar-refractivity contribution >= 4 is 42.6 Å². The van der Waals surface area contributed by atoms with Crippen LogP contribution in [0.2, 0.25) is 0 Å². The first kappa shape index (κ1) is 21.9. The number of nitrogens with zero attached hydrogens (tertiary/aromatic N) is 4. The number of aromatic nitrogens is 2. The molecule has 0 aliphatic carbocycles. The molecular weight excluding hydrogens is 432 g/mol. The number of carbonyl (C=O) groups excluding carboxylic acids is 1. The molecule has 1 unspecified atom stereocenters. The molecule has 0 radical (unpaired) electrons. The number of anilines is 1. The molecule has 1 fully saturated rings. The van der Waals surface area contributed by atoms with Crippen LogP contribution >= 0.6 is 11.3 Å². The standard InChI is InChI=1S/C22H26N4O3S2/c1-3-16-9-10-19-20(13-16)30-22(24-19)26(15-18-8-4-5-11-23-18)21(27)17-7-6-12-25(14-17)31(2,28)29/h4-5,8-11,13,17H,3,6-7,12,14-15H2,1-2H3. The van der Waals surface area contributed by atoms with Crippen LogP contribution in [-0.4, -0.2) is 47.9 Å². The van der Waals surface area contributed by atoms with Gasteiger partial charge in [0.2, 0.25) is 15.9 Å². The Bertz CT molecular complexity index is 1180. The molecule has 3 aromatic rings. The van der Waals surface area contributed by atoms with Gasteiger partial charge >= 0.3 is 0 Å². The van der Waals surface area contributed by atoms with E-state index < -0.39 is 15.9 Å². The highest BCUT2D eigenvalue weighted by Gasteiger charge is 2.34. The van der Waals surface area contributed by atoms with Gasteiger partial charge in [-0.3, -0.25) is 14.7 Å². The number of sulfonamides is 1. The number of piperidine rings is 1. The molecule has 1 aliphatic heterocycles. The second-order valence-electron chi connectivity index (χ2n) is 7.86. The van der Waals surface area contributed by atoms with E-state index in [4.69, 9.17) is 4.98 Å². The van der Waals surface area contributed by atoms with Gasteiger partial charge in [0.1, 0.15) is 0 Å². The fourth-order valence-corrected chi connectivity index (χ4v) is 5.80. The van der Waals surface area contributed by atoms with Crippen molar-refractivity contribution in [3.05, 3.63) is 53.9 Å². The van der Waals surface area contributed by atoms with E-state index >= 15 is 0 Å². The minimum Gasteiger partial charge on any atom is -0.282 e. The third kappa shape index (κ3) is 4.94. The predicted octanol–water partition coefficient (Wildman–Crippen LogP) is 3.46. The highest BCUT2D eigenvalue weighted by molar-refractivity contribution is 7.88. The van der Waals surface area contributed by atoms with Gasteiger partial charge < -0.3 is 0 Å². The van der Waals surface area contributed by atoms with Crippen LogP contribution < -0.4 is 4.90 Å². The molecule has 4 rings (SSSR count). The quantitative estimate of drug-likeness (QED) is 0.565. The van der Waals surface area contributed by atoms with Crippen LogP contribution in [0.1, 0.15) is 31.0 Å². The fourth-order valence-electron chi connectivity index (χ4n) is 3.85. The highest BCUT2D eigenvalue weighted by Crippen LogP contribution is 2.32. The second-order valence-corrected chi connectivity index (χ2v) is 10.8. The molecule has 164 valence electrons. The zero-order chi connectivity index (χ0) is 22.0. The molecule has 1 atom stereocenters. The van der Waals surface area contributed by atoms with Gasteiger partial charge in [0, 0.05) is 19.3 Å². The summed E-state index contributed by atoms with van der Waals surface area (Å²) in [5.74, 6) is -0.501. The van der Waals surface area contributed by atoms with Gasteiger partial charge in [-0.25, -0.2) is 17.7 Å². The molecule has 2 aromatic heterocycles. The monoisotopic (exact) mass is 458 g/mol. The maximum Gasteiger partial charge on any atom is 0.233 e. The smallest absolute Gasteiger partial charge is 0.233 e. The second kappa shape index (κ2) is 9.02. The number of carbonyl (C=O) groups is 1. The van der Waals surface area contributed by atoms with E-state index in [1.807, 2.05) is 24.3 Å². The van der Waals surface area contributed by atoms with Crippen LogP contribution in [0.4, 0.5) is 5.13 Å². The van der Waals surface area contributed by atoms with Crippen molar-refractivity contribution in [2.45, 2.75) is 32.7 Å². The zero-order valence-electron chi connectivity index (χ0n) is 17.7. The Labute approximate surface area is 186 Å². The van der Waals surface area contributed by atoms with Crippen LogP contribution in [-0.2, 0) is 27.8 Å². The molecule has 7 nitrogen and oxygen atoms in total. The normalized spacial score (nSPS) is 17.7. The van der Waals surface area contributed by atoms with Crippen LogP contribution in [0.25, 0.3) is 10.2 Å². The lowest BCUT2D eigenvalue weighted by Gasteiger charge is -2.32. The molecule has 1 amide bonds. The molecule has 0 bridgehead atoms. The lowest BCUT2D eigenvalue weighted by molar-refractivity contribution is -0.123. The number of benzene rings is 1. The first-order valence-electron chi connectivity index (χ1n) is 10.4. The predicted molar refractivity (Wildman–Crippen MR) is 124 cm³/mol. The number of hydrogen-bond acceptors (Lipinski definition) is 6. The lowest BCUT2D eigenvalue weighted by Crippen LogP contribution is -2.46.